The maximum atomic E-state index is 11.4. The summed E-state index contributed by atoms with van der Waals surface area (Å²) in [7, 11) is -3.33. The highest BCUT2D eigenvalue weighted by molar-refractivity contribution is 7.94. The second-order valence-electron chi connectivity index (χ2n) is 4.16. The van der Waals surface area contributed by atoms with Gasteiger partial charge in [0.15, 0.2) is 0 Å². The molecule has 0 bridgehead atoms. The summed E-state index contributed by atoms with van der Waals surface area (Å²) >= 11 is 0. The van der Waals surface area contributed by atoms with E-state index in [0.29, 0.717) is 5.69 Å². The Morgan fingerprint density at radius 1 is 1.00 bits per heavy atom. The maximum absolute atomic E-state index is 11.4. The Kier molecular flexibility index (Phi) is 4.16. The van der Waals surface area contributed by atoms with Crippen molar-refractivity contribution in [2.45, 2.75) is 13.3 Å². The van der Waals surface area contributed by atoms with E-state index in [1.165, 1.54) is 5.56 Å². The van der Waals surface area contributed by atoms with Gasteiger partial charge in [-0.15, -0.1) is 5.69 Å². The van der Waals surface area contributed by atoms with Gasteiger partial charge in [-0.1, -0.05) is 31.2 Å². The van der Waals surface area contributed by atoms with E-state index in [9.17, 15) is 8.42 Å². The molecule has 0 N–H and O–H groups in total. The summed E-state index contributed by atoms with van der Waals surface area (Å²) in [5.41, 5.74) is 2.75. The molecule has 4 nitrogen and oxygen atoms in total. The molecule has 2 aromatic rings. The van der Waals surface area contributed by atoms with Crippen LogP contribution in [0.4, 0.5) is 5.69 Å². The molecule has 100 valence electrons. The van der Waals surface area contributed by atoms with Gasteiger partial charge >= 0.3 is 0 Å². The largest absolute Gasteiger partial charge is 0.577 e. The predicted octanol–water partition coefficient (Wildman–Crippen LogP) is 3.03. The van der Waals surface area contributed by atoms with Gasteiger partial charge in [0, 0.05) is 18.1 Å². The van der Waals surface area contributed by atoms with E-state index in [2.05, 4.69) is 9.71 Å². The first-order valence-corrected chi connectivity index (χ1v) is 7.63. The minimum absolute atomic E-state index is 0.0196. The SMILES string of the molecule is CCS(=O)(=O)[N-]c1ccc(Cc2ccncc2)cc1. The quantitative estimate of drug-likeness (QED) is 0.842. The minimum Gasteiger partial charge on any atom is -0.577 e. The summed E-state index contributed by atoms with van der Waals surface area (Å²) in [5, 5.41) is 0. The third kappa shape index (κ3) is 4.06. The molecule has 1 heterocycles. The van der Waals surface area contributed by atoms with E-state index in [-0.39, 0.29) is 5.75 Å². The Balaban J connectivity index is 2.07. The van der Waals surface area contributed by atoms with Crippen LogP contribution in [0.15, 0.2) is 48.8 Å². The monoisotopic (exact) mass is 275 g/mol. The Bertz CT molecular complexity index is 622. The van der Waals surface area contributed by atoms with Crippen LogP contribution in [0.1, 0.15) is 18.1 Å². The van der Waals surface area contributed by atoms with Crippen molar-refractivity contribution < 1.29 is 8.42 Å². The van der Waals surface area contributed by atoms with E-state index >= 15 is 0 Å². The molecule has 0 fully saturated rings. The van der Waals surface area contributed by atoms with Crippen molar-refractivity contribution in [2.24, 2.45) is 0 Å². The number of aromatic nitrogens is 1. The number of benzene rings is 1. The fourth-order valence-electron chi connectivity index (χ4n) is 1.64. The summed E-state index contributed by atoms with van der Waals surface area (Å²) < 4.78 is 26.5. The smallest absolute Gasteiger partial charge is 0.0935 e. The predicted molar refractivity (Wildman–Crippen MR) is 76.0 cm³/mol. The number of sulfonamides is 1. The molecule has 2 rings (SSSR count). The standard InChI is InChI=1S/C14H15N2O2S/c1-2-19(17,18)16-14-5-3-12(4-6-14)11-13-7-9-15-10-8-13/h3-10H,2,11H2,1H3/q-1. The van der Waals surface area contributed by atoms with Crippen LogP contribution >= 0.6 is 0 Å². The van der Waals surface area contributed by atoms with Gasteiger partial charge in [0.25, 0.3) is 0 Å². The number of pyridine rings is 1. The van der Waals surface area contributed by atoms with Crippen molar-refractivity contribution in [3.05, 3.63) is 64.6 Å². The van der Waals surface area contributed by atoms with Gasteiger partial charge < -0.3 is 4.72 Å². The lowest BCUT2D eigenvalue weighted by atomic mass is 10.1. The number of rotatable bonds is 5. The molecule has 0 aliphatic heterocycles. The summed E-state index contributed by atoms with van der Waals surface area (Å²) in [5.74, 6) is 0.0196. The molecule has 1 aromatic carbocycles. The van der Waals surface area contributed by atoms with Crippen LogP contribution < -0.4 is 0 Å². The molecule has 19 heavy (non-hydrogen) atoms. The van der Waals surface area contributed by atoms with E-state index in [1.807, 2.05) is 24.3 Å². The van der Waals surface area contributed by atoms with Gasteiger partial charge in [0.2, 0.25) is 0 Å². The Morgan fingerprint density at radius 2 is 1.58 bits per heavy atom. The summed E-state index contributed by atoms with van der Waals surface area (Å²) in [6.45, 7) is 1.58. The highest BCUT2D eigenvalue weighted by Gasteiger charge is 1.97. The molecular weight excluding hydrogens is 260 g/mol. The van der Waals surface area contributed by atoms with Gasteiger partial charge in [-0.05, 0) is 29.7 Å². The van der Waals surface area contributed by atoms with Crippen molar-refractivity contribution in [1.82, 2.24) is 4.98 Å². The molecular formula is C14H15N2O2S-. The van der Waals surface area contributed by atoms with Gasteiger partial charge in [0.1, 0.15) is 0 Å². The number of hydrogen-bond donors (Lipinski definition) is 0. The minimum atomic E-state index is -3.33. The summed E-state index contributed by atoms with van der Waals surface area (Å²) in [6.07, 6.45) is 4.31. The van der Waals surface area contributed by atoms with Crippen molar-refractivity contribution in [2.75, 3.05) is 5.75 Å². The van der Waals surface area contributed by atoms with Gasteiger partial charge in [-0.3, -0.25) is 4.98 Å². The highest BCUT2D eigenvalue weighted by Crippen LogP contribution is 2.23. The molecule has 0 radical (unpaired) electrons. The lowest BCUT2D eigenvalue weighted by molar-refractivity contribution is 0.604. The van der Waals surface area contributed by atoms with E-state index < -0.39 is 10.0 Å². The third-order valence-corrected chi connectivity index (χ3v) is 3.92. The molecule has 0 saturated heterocycles. The lowest BCUT2D eigenvalue weighted by Gasteiger charge is -2.20. The van der Waals surface area contributed by atoms with Crippen LogP contribution in [-0.2, 0) is 16.4 Å². The Labute approximate surface area is 113 Å². The zero-order chi connectivity index (χ0) is 13.7. The number of hydrogen-bond acceptors (Lipinski definition) is 3. The lowest BCUT2D eigenvalue weighted by Crippen LogP contribution is -1.98. The first kappa shape index (κ1) is 13.5. The highest BCUT2D eigenvalue weighted by atomic mass is 32.2. The van der Waals surface area contributed by atoms with Crippen LogP contribution in [0, 0.1) is 0 Å². The van der Waals surface area contributed by atoms with Crippen molar-refractivity contribution >= 4 is 15.7 Å². The van der Waals surface area contributed by atoms with E-state index in [4.69, 9.17) is 0 Å². The van der Waals surface area contributed by atoms with Crippen LogP contribution in [0.3, 0.4) is 0 Å². The van der Waals surface area contributed by atoms with Crippen molar-refractivity contribution in [3.8, 4) is 0 Å². The normalized spacial score (nSPS) is 11.2. The zero-order valence-electron chi connectivity index (χ0n) is 10.7. The average Bonchev–Trinajstić information content (AvgIpc) is 2.42. The first-order valence-electron chi connectivity index (χ1n) is 6.02. The van der Waals surface area contributed by atoms with E-state index in [1.54, 1.807) is 31.5 Å². The fourth-order valence-corrected chi connectivity index (χ4v) is 2.21. The second kappa shape index (κ2) is 5.84. The Morgan fingerprint density at radius 3 is 2.16 bits per heavy atom. The third-order valence-electron chi connectivity index (χ3n) is 2.70. The van der Waals surface area contributed by atoms with Gasteiger partial charge in [0.05, 0.1) is 10.0 Å². The molecule has 5 heteroatoms. The zero-order valence-corrected chi connectivity index (χ0v) is 11.5. The van der Waals surface area contributed by atoms with Crippen LogP contribution in [0.25, 0.3) is 4.72 Å². The average molecular weight is 275 g/mol. The first-order chi connectivity index (χ1) is 9.09. The molecule has 0 atom stereocenters. The topological polar surface area (TPSA) is 61.1 Å². The van der Waals surface area contributed by atoms with Crippen LogP contribution in [0.5, 0.6) is 0 Å². The number of nitrogens with zero attached hydrogens (tertiary/aromatic N) is 2. The van der Waals surface area contributed by atoms with Crippen molar-refractivity contribution in [1.29, 1.82) is 0 Å². The van der Waals surface area contributed by atoms with Crippen LogP contribution in [0.2, 0.25) is 0 Å². The molecule has 0 aliphatic carbocycles. The van der Waals surface area contributed by atoms with Crippen LogP contribution in [-0.4, -0.2) is 19.2 Å². The molecule has 0 unspecified atom stereocenters. The maximum Gasteiger partial charge on any atom is 0.0935 e. The van der Waals surface area contributed by atoms with Gasteiger partial charge in [-0.25, -0.2) is 8.42 Å². The molecule has 0 saturated carbocycles. The fraction of sp³-hybridized carbons (Fsp3) is 0.214. The van der Waals surface area contributed by atoms with Gasteiger partial charge in [-0.2, -0.15) is 0 Å². The van der Waals surface area contributed by atoms with Crippen molar-refractivity contribution in [3.63, 3.8) is 0 Å². The Hall–Kier alpha value is -1.88. The second-order valence-corrected chi connectivity index (χ2v) is 6.08. The molecule has 0 spiro atoms. The molecule has 0 amide bonds. The van der Waals surface area contributed by atoms with E-state index in [0.717, 1.165) is 12.0 Å². The summed E-state index contributed by atoms with van der Waals surface area (Å²) in [6, 6.07) is 11.2. The molecule has 1 aromatic heterocycles. The summed E-state index contributed by atoms with van der Waals surface area (Å²) in [4.78, 5) is 3.97. The molecule has 0 aliphatic rings.